The number of thiophene rings is 1. The number of aromatic nitrogens is 1. The van der Waals surface area contributed by atoms with Crippen LogP contribution in [0.2, 0.25) is 0 Å². The molecule has 4 heteroatoms. The molecular weight excluding hydrogens is 977 g/mol. The van der Waals surface area contributed by atoms with Crippen molar-refractivity contribution in [1.82, 2.24) is 4.57 Å². The summed E-state index contributed by atoms with van der Waals surface area (Å²) in [7, 11) is 0. The number of hydrogen-bond acceptors (Lipinski definition) is 3. The van der Waals surface area contributed by atoms with Crippen molar-refractivity contribution in [3.8, 4) is 61.3 Å². The van der Waals surface area contributed by atoms with Crippen LogP contribution in [0.15, 0.2) is 271 Å². The highest BCUT2D eigenvalue weighted by atomic mass is 32.1. The van der Waals surface area contributed by atoms with Crippen molar-refractivity contribution in [3.05, 3.63) is 278 Å². The highest BCUT2D eigenvalue weighted by molar-refractivity contribution is 7.25. The summed E-state index contributed by atoms with van der Waals surface area (Å²) in [6.45, 7) is 4.78. The van der Waals surface area contributed by atoms with Gasteiger partial charge in [-0.25, -0.2) is 0 Å². The molecule has 0 saturated carbocycles. The largest absolute Gasteiger partial charge is 0.456 e. The summed E-state index contributed by atoms with van der Waals surface area (Å²) in [5, 5.41) is 7.42. The summed E-state index contributed by atoms with van der Waals surface area (Å²) >= 11 is 1.86. The Morgan fingerprint density at radius 2 is 0.949 bits per heavy atom. The minimum absolute atomic E-state index is 0.214. The standard InChI is InChI=1S/C75H50N2OS/c1-75(2)64-42-35-50(45-62(64)58-41-34-51(46-65(58)75)57-22-14-26-68-73(57)60-20-7-11-25-67(60)77(68)52-16-4-3-5-17-52)55-18-6-10-24-66(55)76(53-37-30-47(31-38-53)49-36-43-72-63(44-49)59-19-9-13-29-71(59)79-72)54-39-32-48(33-40-54)56-23-15-28-70-74(56)61-21-8-12-27-69(61)78-70/h3-46H,1-2H3. The van der Waals surface area contributed by atoms with Crippen LogP contribution in [-0.2, 0) is 5.41 Å². The quantitative estimate of drug-likeness (QED) is 0.151. The number of hydrogen-bond donors (Lipinski definition) is 0. The molecule has 12 aromatic carbocycles. The molecule has 1 aliphatic carbocycles. The Hall–Kier alpha value is -9.74. The monoisotopic (exact) mass is 1030 g/mol. The van der Waals surface area contributed by atoms with Crippen LogP contribution in [0.1, 0.15) is 25.0 Å². The predicted octanol–water partition coefficient (Wildman–Crippen LogP) is 21.5. The SMILES string of the molecule is CC1(C)c2ccc(-c3ccccc3N(c3ccc(-c4ccc5sc6ccccc6c5c4)cc3)c3ccc(-c4cccc5oc6ccccc6c45)cc3)cc2-c2ccc(-c3cccc4c3c3ccccc3n4-c3ccccc3)cc21. The van der Waals surface area contributed by atoms with E-state index in [2.05, 4.69) is 284 Å². The lowest BCUT2D eigenvalue weighted by atomic mass is 9.81. The first-order valence-electron chi connectivity index (χ1n) is 27.2. The van der Waals surface area contributed by atoms with Crippen LogP contribution in [0.25, 0.3) is 125 Å². The van der Waals surface area contributed by atoms with Gasteiger partial charge in [-0.15, -0.1) is 11.3 Å². The van der Waals surface area contributed by atoms with E-state index in [1.807, 2.05) is 17.4 Å². The van der Waals surface area contributed by atoms with Gasteiger partial charge in [0, 0.05) is 69.8 Å². The zero-order chi connectivity index (χ0) is 52.3. The van der Waals surface area contributed by atoms with Gasteiger partial charge in [0.1, 0.15) is 11.2 Å². The van der Waals surface area contributed by atoms with Crippen LogP contribution in [-0.4, -0.2) is 4.57 Å². The van der Waals surface area contributed by atoms with Crippen molar-refractivity contribution in [2.45, 2.75) is 19.3 Å². The molecule has 3 aromatic heterocycles. The zero-order valence-electron chi connectivity index (χ0n) is 43.6. The number of para-hydroxylation sites is 4. The van der Waals surface area contributed by atoms with Crippen molar-refractivity contribution in [3.63, 3.8) is 0 Å². The third kappa shape index (κ3) is 7.11. The molecule has 3 heterocycles. The highest BCUT2D eigenvalue weighted by Crippen LogP contribution is 2.53. The van der Waals surface area contributed by atoms with E-state index in [1.165, 1.54) is 92.0 Å². The van der Waals surface area contributed by atoms with Crippen molar-refractivity contribution >= 4 is 92.3 Å². The van der Waals surface area contributed by atoms with E-state index in [0.717, 1.165) is 61.4 Å². The number of rotatable bonds is 8. The molecule has 15 aromatic rings. The molecule has 0 amide bonds. The first-order valence-corrected chi connectivity index (χ1v) is 28.0. The first-order chi connectivity index (χ1) is 38.9. The molecule has 79 heavy (non-hydrogen) atoms. The molecule has 0 bridgehead atoms. The number of furan rings is 1. The van der Waals surface area contributed by atoms with Gasteiger partial charge in [-0.1, -0.05) is 184 Å². The van der Waals surface area contributed by atoms with Gasteiger partial charge >= 0.3 is 0 Å². The molecule has 1 aliphatic rings. The van der Waals surface area contributed by atoms with Crippen LogP contribution in [0.4, 0.5) is 17.1 Å². The van der Waals surface area contributed by atoms with Gasteiger partial charge in [0.15, 0.2) is 0 Å². The molecule has 372 valence electrons. The molecule has 0 radical (unpaired) electrons. The second kappa shape index (κ2) is 17.7. The maximum absolute atomic E-state index is 6.34. The molecule has 0 unspecified atom stereocenters. The van der Waals surface area contributed by atoms with Gasteiger partial charge in [-0.05, 0) is 158 Å². The summed E-state index contributed by atoms with van der Waals surface area (Å²) in [5.41, 5.74) is 23.2. The summed E-state index contributed by atoms with van der Waals surface area (Å²) in [5.74, 6) is 0. The molecular formula is C75H50N2OS. The molecule has 0 fully saturated rings. The van der Waals surface area contributed by atoms with Crippen LogP contribution in [0, 0.1) is 0 Å². The second-order valence-electron chi connectivity index (χ2n) is 21.6. The number of benzene rings is 12. The Bertz CT molecular complexity index is 4920. The van der Waals surface area contributed by atoms with Crippen LogP contribution in [0.3, 0.4) is 0 Å². The van der Waals surface area contributed by atoms with Gasteiger partial charge in [0.05, 0.1) is 16.7 Å². The lowest BCUT2D eigenvalue weighted by molar-refractivity contribution is 0.660. The van der Waals surface area contributed by atoms with E-state index in [-0.39, 0.29) is 5.41 Å². The van der Waals surface area contributed by atoms with Gasteiger partial charge in [-0.3, -0.25) is 0 Å². The van der Waals surface area contributed by atoms with Crippen LogP contribution >= 0.6 is 11.3 Å². The van der Waals surface area contributed by atoms with E-state index < -0.39 is 0 Å². The number of anilines is 3. The Morgan fingerprint density at radius 1 is 0.354 bits per heavy atom. The molecule has 0 N–H and O–H groups in total. The van der Waals surface area contributed by atoms with E-state index in [4.69, 9.17) is 4.42 Å². The fourth-order valence-corrected chi connectivity index (χ4v) is 14.1. The smallest absolute Gasteiger partial charge is 0.136 e. The predicted molar refractivity (Wildman–Crippen MR) is 335 cm³/mol. The lowest BCUT2D eigenvalue weighted by Gasteiger charge is -2.28. The topological polar surface area (TPSA) is 21.3 Å². The third-order valence-corrected chi connectivity index (χ3v) is 18.0. The normalized spacial score (nSPS) is 12.8. The number of fused-ring (bicyclic) bond motifs is 12. The van der Waals surface area contributed by atoms with Crippen molar-refractivity contribution < 1.29 is 4.42 Å². The Balaban J connectivity index is 0.810. The van der Waals surface area contributed by atoms with E-state index >= 15 is 0 Å². The average Bonchev–Trinajstić information content (AvgIpc) is 4.35. The van der Waals surface area contributed by atoms with Gasteiger partial charge < -0.3 is 13.9 Å². The lowest BCUT2D eigenvalue weighted by Crippen LogP contribution is -2.15. The van der Waals surface area contributed by atoms with Gasteiger partial charge in [0.2, 0.25) is 0 Å². The number of nitrogens with zero attached hydrogens (tertiary/aromatic N) is 2. The minimum Gasteiger partial charge on any atom is -0.456 e. The van der Waals surface area contributed by atoms with Crippen molar-refractivity contribution in [1.29, 1.82) is 0 Å². The molecule has 0 saturated heterocycles. The van der Waals surface area contributed by atoms with Crippen molar-refractivity contribution in [2.24, 2.45) is 0 Å². The third-order valence-electron chi connectivity index (χ3n) is 16.8. The molecule has 3 nitrogen and oxygen atoms in total. The Kier molecular flexibility index (Phi) is 10.2. The summed E-state index contributed by atoms with van der Waals surface area (Å²) in [6.07, 6.45) is 0. The minimum atomic E-state index is -0.214. The van der Waals surface area contributed by atoms with E-state index in [0.29, 0.717) is 0 Å². The van der Waals surface area contributed by atoms with E-state index in [1.54, 1.807) is 0 Å². The highest BCUT2D eigenvalue weighted by Gasteiger charge is 2.36. The molecule has 0 spiro atoms. The van der Waals surface area contributed by atoms with E-state index in [9.17, 15) is 0 Å². The van der Waals surface area contributed by atoms with Crippen LogP contribution in [0.5, 0.6) is 0 Å². The summed E-state index contributed by atoms with van der Waals surface area (Å²) < 4.78 is 11.4. The fourth-order valence-electron chi connectivity index (χ4n) is 13.1. The Labute approximate surface area is 462 Å². The first kappa shape index (κ1) is 45.5. The second-order valence-corrected chi connectivity index (χ2v) is 22.6. The van der Waals surface area contributed by atoms with Crippen molar-refractivity contribution in [2.75, 3.05) is 4.90 Å². The molecule has 16 rings (SSSR count). The molecule has 0 atom stereocenters. The van der Waals surface area contributed by atoms with Gasteiger partial charge in [0.25, 0.3) is 0 Å². The maximum atomic E-state index is 6.34. The van der Waals surface area contributed by atoms with Gasteiger partial charge in [-0.2, -0.15) is 0 Å². The Morgan fingerprint density at radius 3 is 1.78 bits per heavy atom. The summed E-state index contributed by atoms with van der Waals surface area (Å²) in [4.78, 5) is 2.43. The van der Waals surface area contributed by atoms with Crippen LogP contribution < -0.4 is 4.90 Å². The maximum Gasteiger partial charge on any atom is 0.136 e. The molecule has 0 aliphatic heterocycles. The average molecular weight is 1030 g/mol. The fraction of sp³-hybridized carbons (Fsp3) is 0.0400. The zero-order valence-corrected chi connectivity index (χ0v) is 44.4. The summed E-state index contributed by atoms with van der Waals surface area (Å²) in [6, 6.07) is 98.2.